The number of rotatable bonds is 1. The molecule has 9 heavy (non-hydrogen) atoms. The smallest absolute Gasteiger partial charge is 0.108 e. The zero-order valence-electron chi connectivity index (χ0n) is 4.74. The first-order valence-corrected chi connectivity index (χ1v) is 3.82. The van der Waals surface area contributed by atoms with E-state index in [2.05, 4.69) is 22.5 Å². The van der Waals surface area contributed by atoms with Gasteiger partial charge in [-0.2, -0.15) is 0 Å². The number of nitrogens with zero attached hydrogens (tertiary/aromatic N) is 2. The van der Waals surface area contributed by atoms with Gasteiger partial charge in [0.1, 0.15) is 5.88 Å². The van der Waals surface area contributed by atoms with Crippen molar-refractivity contribution in [2.45, 2.75) is 0 Å². The summed E-state index contributed by atoms with van der Waals surface area (Å²) in [6, 6.07) is 0. The molecule has 50 valence electrons. The standard InChI is InChI=1S/C4H6N2OS2/c8-3-5-6-1-2-7-9-4-6/h1-2,4H2. The summed E-state index contributed by atoms with van der Waals surface area (Å²) in [5, 5.41) is 7.90. The van der Waals surface area contributed by atoms with Crippen LogP contribution < -0.4 is 0 Å². The van der Waals surface area contributed by atoms with Crippen LogP contribution in [0.4, 0.5) is 0 Å². The van der Waals surface area contributed by atoms with Crippen LogP contribution in [0.1, 0.15) is 0 Å². The van der Waals surface area contributed by atoms with Crippen molar-refractivity contribution in [1.82, 2.24) is 5.01 Å². The van der Waals surface area contributed by atoms with Crippen LogP contribution in [0.5, 0.6) is 0 Å². The predicted octanol–water partition coefficient (Wildman–Crippen LogP) is 0.942. The molecule has 1 fully saturated rings. The van der Waals surface area contributed by atoms with Gasteiger partial charge in [0.25, 0.3) is 0 Å². The van der Waals surface area contributed by atoms with Gasteiger partial charge in [0, 0.05) is 12.0 Å². The van der Waals surface area contributed by atoms with E-state index in [9.17, 15) is 0 Å². The summed E-state index contributed by atoms with van der Waals surface area (Å²) in [6.07, 6.45) is 0. The summed E-state index contributed by atoms with van der Waals surface area (Å²) in [6.45, 7) is 1.53. The summed E-state index contributed by atoms with van der Waals surface area (Å²) < 4.78 is 5.00. The molecule has 0 radical (unpaired) electrons. The zero-order chi connectivity index (χ0) is 6.53. The monoisotopic (exact) mass is 162 g/mol. The summed E-state index contributed by atoms with van der Waals surface area (Å²) in [7, 11) is 0. The van der Waals surface area contributed by atoms with Crippen LogP contribution >= 0.6 is 24.3 Å². The van der Waals surface area contributed by atoms with E-state index in [4.69, 9.17) is 4.18 Å². The lowest BCUT2D eigenvalue weighted by atomic mass is 10.7. The minimum absolute atomic E-state index is 0.713. The van der Waals surface area contributed by atoms with Crippen molar-refractivity contribution in [3.8, 4) is 0 Å². The molecule has 0 bridgehead atoms. The van der Waals surface area contributed by atoms with Crippen molar-refractivity contribution >= 4 is 29.4 Å². The highest BCUT2D eigenvalue weighted by Gasteiger charge is 2.06. The maximum absolute atomic E-state index is 5.00. The maximum atomic E-state index is 5.00. The summed E-state index contributed by atoms with van der Waals surface area (Å²) in [4.78, 5) is 0. The molecule has 1 saturated heterocycles. The Hall–Kier alpha value is -0.0900. The normalized spacial score (nSPS) is 18.9. The van der Waals surface area contributed by atoms with Crippen LogP contribution in [0, 0.1) is 0 Å². The topological polar surface area (TPSA) is 24.8 Å². The van der Waals surface area contributed by atoms with E-state index in [1.54, 1.807) is 0 Å². The Morgan fingerprint density at radius 2 is 2.67 bits per heavy atom. The molecular formula is C4H6N2OS2. The fraction of sp³-hybridized carbons (Fsp3) is 0.750. The van der Waals surface area contributed by atoms with Gasteiger partial charge in [-0.1, -0.05) is 0 Å². The van der Waals surface area contributed by atoms with Gasteiger partial charge in [0.15, 0.2) is 0 Å². The number of hydrogen-bond acceptors (Lipinski definition) is 5. The van der Waals surface area contributed by atoms with Crippen LogP contribution in [0.2, 0.25) is 0 Å². The first-order valence-electron chi connectivity index (χ1n) is 2.50. The average Bonchev–Trinajstić information content (AvgIpc) is 1.91. The molecule has 0 aromatic rings. The van der Waals surface area contributed by atoms with Crippen LogP contribution in [0.15, 0.2) is 5.10 Å². The molecule has 1 rings (SSSR count). The van der Waals surface area contributed by atoms with Gasteiger partial charge in [-0.05, 0) is 12.2 Å². The minimum atomic E-state index is 0.713. The lowest BCUT2D eigenvalue weighted by Gasteiger charge is -2.20. The molecule has 0 aromatic carbocycles. The van der Waals surface area contributed by atoms with Gasteiger partial charge >= 0.3 is 0 Å². The van der Waals surface area contributed by atoms with Gasteiger partial charge in [-0.3, -0.25) is 5.01 Å². The SMILES string of the molecule is S=C=NN1CCOSC1. The molecule has 0 atom stereocenters. The lowest BCUT2D eigenvalue weighted by molar-refractivity contribution is 0.230. The van der Waals surface area contributed by atoms with Crippen molar-refractivity contribution in [2.75, 3.05) is 19.0 Å². The first-order chi connectivity index (χ1) is 4.43. The van der Waals surface area contributed by atoms with E-state index in [-0.39, 0.29) is 0 Å². The zero-order valence-corrected chi connectivity index (χ0v) is 6.37. The molecule has 0 spiro atoms. The number of hydrazone groups is 1. The Bertz CT molecular complexity index is 129. The molecule has 3 nitrogen and oxygen atoms in total. The van der Waals surface area contributed by atoms with E-state index in [1.807, 2.05) is 5.01 Å². The molecular weight excluding hydrogens is 156 g/mol. The highest BCUT2D eigenvalue weighted by molar-refractivity contribution is 7.94. The molecule has 1 aliphatic heterocycles. The summed E-state index contributed by atoms with van der Waals surface area (Å²) in [5.74, 6) is 0.754. The van der Waals surface area contributed by atoms with Gasteiger partial charge in [0.05, 0.1) is 18.3 Å². The highest BCUT2D eigenvalue weighted by Crippen LogP contribution is 2.10. The minimum Gasteiger partial charge on any atom is -0.312 e. The second kappa shape index (κ2) is 3.85. The third-order valence-corrected chi connectivity index (χ3v) is 1.72. The van der Waals surface area contributed by atoms with Crippen LogP contribution in [0.25, 0.3) is 0 Å². The fourth-order valence-electron chi connectivity index (χ4n) is 0.501. The van der Waals surface area contributed by atoms with Crippen molar-refractivity contribution in [3.05, 3.63) is 0 Å². The predicted molar refractivity (Wildman–Crippen MR) is 40.1 cm³/mol. The number of isothiocyanates is 1. The van der Waals surface area contributed by atoms with Crippen LogP contribution in [0.3, 0.4) is 0 Å². The highest BCUT2D eigenvalue weighted by atomic mass is 32.2. The van der Waals surface area contributed by atoms with E-state index in [0.29, 0.717) is 6.61 Å². The average molecular weight is 162 g/mol. The third kappa shape index (κ3) is 2.32. The molecule has 1 heterocycles. The Morgan fingerprint density at radius 1 is 1.78 bits per heavy atom. The summed E-state index contributed by atoms with van der Waals surface area (Å²) in [5.41, 5.74) is 0. The van der Waals surface area contributed by atoms with Crippen molar-refractivity contribution in [2.24, 2.45) is 5.10 Å². The number of thiocarbonyl (C=S) groups is 1. The lowest BCUT2D eigenvalue weighted by Crippen LogP contribution is -2.25. The second-order valence-corrected chi connectivity index (χ2v) is 2.40. The molecule has 0 saturated carbocycles. The maximum Gasteiger partial charge on any atom is 0.108 e. The van der Waals surface area contributed by atoms with Gasteiger partial charge in [-0.15, -0.1) is 5.10 Å². The van der Waals surface area contributed by atoms with Gasteiger partial charge in [-0.25, -0.2) is 0 Å². The molecule has 0 amide bonds. The van der Waals surface area contributed by atoms with Gasteiger partial charge in [0.2, 0.25) is 0 Å². The van der Waals surface area contributed by atoms with E-state index in [1.165, 1.54) is 12.0 Å². The van der Waals surface area contributed by atoms with Gasteiger partial charge < -0.3 is 4.18 Å². The van der Waals surface area contributed by atoms with E-state index < -0.39 is 0 Å². The quantitative estimate of drug-likeness (QED) is 0.325. The van der Waals surface area contributed by atoms with Crippen molar-refractivity contribution in [3.63, 3.8) is 0 Å². The fourth-order valence-corrected chi connectivity index (χ4v) is 1.19. The van der Waals surface area contributed by atoms with Crippen molar-refractivity contribution < 1.29 is 4.18 Å². The van der Waals surface area contributed by atoms with Crippen LogP contribution in [-0.4, -0.2) is 29.2 Å². The number of hydrogen-bond donors (Lipinski definition) is 0. The summed E-state index contributed by atoms with van der Waals surface area (Å²) >= 11 is 5.81. The molecule has 0 unspecified atom stereocenters. The molecule has 0 N–H and O–H groups in total. The largest absolute Gasteiger partial charge is 0.312 e. The Morgan fingerprint density at radius 3 is 3.22 bits per heavy atom. The molecule has 5 heteroatoms. The Kier molecular flexibility index (Phi) is 3.00. The molecule has 0 aromatic heterocycles. The van der Waals surface area contributed by atoms with Crippen molar-refractivity contribution in [1.29, 1.82) is 0 Å². The Balaban J connectivity index is 2.31. The molecule has 1 aliphatic rings. The van der Waals surface area contributed by atoms with E-state index in [0.717, 1.165) is 12.4 Å². The second-order valence-electron chi connectivity index (χ2n) is 1.49. The molecule has 0 aliphatic carbocycles. The Labute approximate surface area is 63.3 Å². The van der Waals surface area contributed by atoms with Crippen LogP contribution in [-0.2, 0) is 4.18 Å². The first kappa shape index (κ1) is 7.02. The third-order valence-electron chi connectivity index (χ3n) is 0.900. The van der Waals surface area contributed by atoms with E-state index >= 15 is 0 Å².